The van der Waals surface area contributed by atoms with Gasteiger partial charge in [0.15, 0.2) is 11.5 Å². The lowest BCUT2D eigenvalue weighted by Crippen LogP contribution is -2.31. The summed E-state index contributed by atoms with van der Waals surface area (Å²) in [5.74, 6) is 1.34. The van der Waals surface area contributed by atoms with Crippen LogP contribution in [0.2, 0.25) is 0 Å². The number of fused-ring (bicyclic) bond motifs is 1. The highest BCUT2D eigenvalue weighted by Crippen LogP contribution is 2.39. The topological polar surface area (TPSA) is 76.7 Å². The Balaban J connectivity index is 1.74. The number of rotatable bonds is 6. The normalized spacial score (nSPS) is 15.8. The summed E-state index contributed by atoms with van der Waals surface area (Å²) < 4.78 is 39.8. The lowest BCUT2D eigenvalue weighted by atomic mass is 9.88. The number of para-hydroxylation sites is 1. The molecule has 2 N–H and O–H groups in total. The fourth-order valence-electron chi connectivity index (χ4n) is 3.92. The Labute approximate surface area is 183 Å². The molecule has 0 saturated carbocycles. The number of hydrogen-bond acceptors (Lipinski definition) is 5. The zero-order valence-electron chi connectivity index (χ0n) is 17.8. The van der Waals surface area contributed by atoms with Crippen LogP contribution < -0.4 is 19.5 Å². The van der Waals surface area contributed by atoms with Crippen LogP contribution in [0.5, 0.6) is 11.5 Å². The van der Waals surface area contributed by atoms with Gasteiger partial charge in [-0.3, -0.25) is 4.72 Å². The van der Waals surface area contributed by atoms with Crippen molar-refractivity contribution in [1.82, 2.24) is 5.32 Å². The van der Waals surface area contributed by atoms with Gasteiger partial charge in [0.25, 0.3) is 10.0 Å². The second kappa shape index (κ2) is 8.61. The Morgan fingerprint density at radius 2 is 1.61 bits per heavy atom. The Bertz CT molecular complexity index is 1190. The second-order valence-corrected chi connectivity index (χ2v) is 9.23. The molecule has 0 spiro atoms. The number of benzene rings is 3. The summed E-state index contributed by atoms with van der Waals surface area (Å²) in [5.41, 5.74) is 4.60. The van der Waals surface area contributed by atoms with Crippen LogP contribution in [0.3, 0.4) is 0 Å². The largest absolute Gasteiger partial charge is 0.493 e. The van der Waals surface area contributed by atoms with Crippen LogP contribution in [0.4, 0.5) is 5.69 Å². The number of aryl methyl sites for hydroxylation is 1. The van der Waals surface area contributed by atoms with Gasteiger partial charge in [0, 0.05) is 6.54 Å². The first kappa shape index (κ1) is 21.2. The van der Waals surface area contributed by atoms with E-state index in [0.717, 1.165) is 35.2 Å². The van der Waals surface area contributed by atoms with Crippen molar-refractivity contribution in [3.05, 3.63) is 82.9 Å². The summed E-state index contributed by atoms with van der Waals surface area (Å²) in [7, 11) is -0.481. The van der Waals surface area contributed by atoms with E-state index in [0.29, 0.717) is 17.2 Å². The van der Waals surface area contributed by atoms with E-state index in [-0.39, 0.29) is 10.9 Å². The molecule has 6 nitrogen and oxygen atoms in total. The van der Waals surface area contributed by atoms with Crippen LogP contribution in [-0.4, -0.2) is 29.2 Å². The summed E-state index contributed by atoms with van der Waals surface area (Å²) in [6.45, 7) is 2.70. The van der Waals surface area contributed by atoms with Crippen LogP contribution in [0.25, 0.3) is 0 Å². The van der Waals surface area contributed by atoms with Crippen molar-refractivity contribution in [2.24, 2.45) is 0 Å². The van der Waals surface area contributed by atoms with Crippen LogP contribution in [0.15, 0.2) is 65.6 Å². The number of nitrogens with one attached hydrogen (secondary N) is 2. The monoisotopic (exact) mass is 438 g/mol. The van der Waals surface area contributed by atoms with Gasteiger partial charge in [0.05, 0.1) is 30.8 Å². The smallest absolute Gasteiger partial charge is 0.261 e. The van der Waals surface area contributed by atoms with Gasteiger partial charge in [-0.1, -0.05) is 35.9 Å². The number of anilines is 1. The fraction of sp³-hybridized carbons (Fsp3) is 0.250. The van der Waals surface area contributed by atoms with Crippen molar-refractivity contribution in [2.45, 2.75) is 24.3 Å². The van der Waals surface area contributed by atoms with E-state index in [1.165, 1.54) is 0 Å². The first-order valence-electron chi connectivity index (χ1n) is 10.1. The minimum Gasteiger partial charge on any atom is -0.493 e. The molecule has 3 aromatic carbocycles. The van der Waals surface area contributed by atoms with Crippen molar-refractivity contribution >= 4 is 15.7 Å². The summed E-state index contributed by atoms with van der Waals surface area (Å²) in [4.78, 5) is 0.233. The molecule has 1 atom stereocenters. The Morgan fingerprint density at radius 1 is 0.935 bits per heavy atom. The maximum absolute atomic E-state index is 13.0. The van der Waals surface area contributed by atoms with Crippen LogP contribution in [0.1, 0.15) is 28.3 Å². The van der Waals surface area contributed by atoms with Gasteiger partial charge in [-0.15, -0.1) is 0 Å². The molecule has 4 rings (SSSR count). The number of methoxy groups -OCH3 is 2. The number of ether oxygens (including phenoxy) is 2. The van der Waals surface area contributed by atoms with Crippen molar-refractivity contribution in [2.75, 3.05) is 25.5 Å². The molecule has 0 aliphatic carbocycles. The van der Waals surface area contributed by atoms with E-state index in [1.54, 1.807) is 44.6 Å². The minimum absolute atomic E-state index is 0.180. The molecule has 0 amide bonds. The van der Waals surface area contributed by atoms with Gasteiger partial charge in [0.1, 0.15) is 0 Å². The maximum atomic E-state index is 13.0. The standard InChI is InChI=1S/C24H26N2O4S/c1-16-8-10-18(11-9-16)31(27,28)26-21-7-5-4-6-19(21)24-20-15-23(30-3)22(29-2)14-17(20)12-13-25-24/h4-11,14-15,24-26H,12-13H2,1-3H3/t24-/m1/s1. The summed E-state index contributed by atoms with van der Waals surface area (Å²) in [6, 6.07) is 18.1. The fourth-order valence-corrected chi connectivity index (χ4v) is 5.01. The van der Waals surface area contributed by atoms with E-state index in [2.05, 4.69) is 10.0 Å². The molecule has 162 valence electrons. The third-order valence-electron chi connectivity index (χ3n) is 5.55. The lowest BCUT2D eigenvalue weighted by Gasteiger charge is -2.30. The molecule has 0 aromatic heterocycles. The van der Waals surface area contributed by atoms with Crippen molar-refractivity contribution < 1.29 is 17.9 Å². The Morgan fingerprint density at radius 3 is 2.32 bits per heavy atom. The number of hydrogen-bond donors (Lipinski definition) is 2. The average molecular weight is 439 g/mol. The molecule has 31 heavy (non-hydrogen) atoms. The zero-order chi connectivity index (χ0) is 22.0. The molecule has 0 bridgehead atoms. The zero-order valence-corrected chi connectivity index (χ0v) is 18.6. The van der Waals surface area contributed by atoms with E-state index >= 15 is 0 Å². The SMILES string of the molecule is COc1cc2c(cc1OC)[C@@H](c1ccccc1NS(=O)(=O)c1ccc(C)cc1)NCC2. The summed E-state index contributed by atoms with van der Waals surface area (Å²) in [5, 5.41) is 3.52. The highest BCUT2D eigenvalue weighted by molar-refractivity contribution is 7.92. The minimum atomic E-state index is -3.71. The van der Waals surface area contributed by atoms with Gasteiger partial charge in [-0.25, -0.2) is 8.42 Å². The van der Waals surface area contributed by atoms with E-state index in [1.807, 2.05) is 37.3 Å². The summed E-state index contributed by atoms with van der Waals surface area (Å²) in [6.07, 6.45) is 0.851. The Kier molecular flexibility index (Phi) is 5.89. The average Bonchev–Trinajstić information content (AvgIpc) is 2.78. The van der Waals surface area contributed by atoms with Crippen molar-refractivity contribution in [3.8, 4) is 11.5 Å². The molecule has 3 aromatic rings. The molecule has 1 heterocycles. The predicted molar refractivity (Wildman–Crippen MR) is 122 cm³/mol. The molecule has 1 aliphatic rings. The quantitative estimate of drug-likeness (QED) is 0.607. The molecule has 7 heteroatoms. The molecular weight excluding hydrogens is 412 g/mol. The van der Waals surface area contributed by atoms with Gasteiger partial charge >= 0.3 is 0 Å². The van der Waals surface area contributed by atoms with Crippen LogP contribution in [0, 0.1) is 6.92 Å². The highest BCUT2D eigenvalue weighted by atomic mass is 32.2. The van der Waals surface area contributed by atoms with Gasteiger partial charge in [0.2, 0.25) is 0 Å². The van der Waals surface area contributed by atoms with Crippen LogP contribution >= 0.6 is 0 Å². The third-order valence-corrected chi connectivity index (χ3v) is 6.93. The molecule has 0 saturated heterocycles. The van der Waals surface area contributed by atoms with Crippen LogP contribution in [-0.2, 0) is 16.4 Å². The summed E-state index contributed by atoms with van der Waals surface area (Å²) >= 11 is 0. The number of sulfonamides is 1. The van der Waals surface area contributed by atoms with Gasteiger partial charge in [-0.05, 0) is 60.4 Å². The molecule has 1 aliphatic heterocycles. The van der Waals surface area contributed by atoms with Crippen molar-refractivity contribution in [3.63, 3.8) is 0 Å². The lowest BCUT2D eigenvalue weighted by molar-refractivity contribution is 0.353. The first-order valence-corrected chi connectivity index (χ1v) is 11.6. The molecular formula is C24H26N2O4S. The van der Waals surface area contributed by atoms with Gasteiger partial charge in [-0.2, -0.15) is 0 Å². The molecule has 0 radical (unpaired) electrons. The Hall–Kier alpha value is -3.03. The van der Waals surface area contributed by atoms with Gasteiger partial charge < -0.3 is 14.8 Å². The predicted octanol–water partition coefficient (Wildman–Crippen LogP) is 4.05. The first-order chi connectivity index (χ1) is 14.9. The van der Waals surface area contributed by atoms with Crippen molar-refractivity contribution in [1.29, 1.82) is 0 Å². The third kappa shape index (κ3) is 4.24. The second-order valence-electron chi connectivity index (χ2n) is 7.55. The van der Waals surface area contributed by atoms with E-state index in [9.17, 15) is 8.42 Å². The highest BCUT2D eigenvalue weighted by Gasteiger charge is 2.27. The molecule has 0 unspecified atom stereocenters. The van der Waals surface area contributed by atoms with E-state index < -0.39 is 10.0 Å². The maximum Gasteiger partial charge on any atom is 0.261 e. The van der Waals surface area contributed by atoms with E-state index in [4.69, 9.17) is 9.47 Å². The molecule has 0 fully saturated rings.